The van der Waals surface area contributed by atoms with E-state index in [4.69, 9.17) is 5.73 Å². The number of nitrogen functional groups attached to an aromatic ring is 1. The molecule has 0 fully saturated rings. The lowest BCUT2D eigenvalue weighted by atomic mass is 10.0. The number of anilines is 1. The molecular weight excluding hydrogens is 295 g/mol. The lowest BCUT2D eigenvalue weighted by molar-refractivity contribution is -0.274. The number of aryl methyl sites for hydroxylation is 1. The van der Waals surface area contributed by atoms with Gasteiger partial charge in [0.2, 0.25) is 0 Å². The Labute approximate surface area is 123 Å². The standard InChI is InChI=1S/C15H12F3N3O/c1-21-14-7-10(6-13(19)12(14)8-20-21)9-2-4-11(5-3-9)22-15(16,17)18/h2-8H,19H2,1H3. The molecule has 0 aliphatic rings. The summed E-state index contributed by atoms with van der Waals surface area (Å²) < 4.78 is 42.0. The number of nitrogens with zero attached hydrogens (tertiary/aromatic N) is 2. The van der Waals surface area contributed by atoms with Crippen molar-refractivity contribution in [2.75, 3.05) is 5.73 Å². The van der Waals surface area contributed by atoms with Crippen LogP contribution in [-0.4, -0.2) is 16.1 Å². The van der Waals surface area contributed by atoms with Crippen LogP contribution < -0.4 is 10.5 Å². The second-order valence-electron chi connectivity index (χ2n) is 4.84. The molecule has 114 valence electrons. The molecule has 3 rings (SSSR count). The fourth-order valence-corrected chi connectivity index (χ4v) is 2.29. The number of halogens is 3. The Balaban J connectivity index is 1.99. The van der Waals surface area contributed by atoms with E-state index in [1.807, 2.05) is 6.07 Å². The van der Waals surface area contributed by atoms with E-state index in [0.717, 1.165) is 22.0 Å². The highest BCUT2D eigenvalue weighted by atomic mass is 19.4. The monoisotopic (exact) mass is 307 g/mol. The van der Waals surface area contributed by atoms with Crippen LogP contribution in [0, 0.1) is 0 Å². The zero-order valence-corrected chi connectivity index (χ0v) is 11.6. The maximum absolute atomic E-state index is 12.2. The smallest absolute Gasteiger partial charge is 0.406 e. The first kappa shape index (κ1) is 14.2. The van der Waals surface area contributed by atoms with Crippen LogP contribution >= 0.6 is 0 Å². The van der Waals surface area contributed by atoms with Crippen molar-refractivity contribution in [1.29, 1.82) is 0 Å². The van der Waals surface area contributed by atoms with E-state index in [0.29, 0.717) is 5.69 Å². The van der Waals surface area contributed by atoms with E-state index in [-0.39, 0.29) is 5.75 Å². The predicted octanol–water partition coefficient (Wildman–Crippen LogP) is 3.72. The van der Waals surface area contributed by atoms with Gasteiger partial charge in [0.25, 0.3) is 0 Å². The van der Waals surface area contributed by atoms with Crippen LogP contribution in [0.4, 0.5) is 18.9 Å². The van der Waals surface area contributed by atoms with Crippen LogP contribution in [0.1, 0.15) is 0 Å². The Hall–Kier alpha value is -2.70. The molecule has 0 bridgehead atoms. The predicted molar refractivity (Wildman–Crippen MR) is 77.2 cm³/mol. The minimum atomic E-state index is -4.69. The van der Waals surface area contributed by atoms with Crippen molar-refractivity contribution in [2.45, 2.75) is 6.36 Å². The summed E-state index contributed by atoms with van der Waals surface area (Å²) in [6.45, 7) is 0. The summed E-state index contributed by atoms with van der Waals surface area (Å²) in [4.78, 5) is 0. The van der Waals surface area contributed by atoms with Crippen LogP contribution in [0.2, 0.25) is 0 Å². The van der Waals surface area contributed by atoms with Gasteiger partial charge in [-0.15, -0.1) is 13.2 Å². The molecule has 0 saturated heterocycles. The molecule has 0 saturated carbocycles. The first-order chi connectivity index (χ1) is 10.3. The van der Waals surface area contributed by atoms with Crippen molar-refractivity contribution in [2.24, 2.45) is 7.05 Å². The average Bonchev–Trinajstić information content (AvgIpc) is 2.80. The summed E-state index contributed by atoms with van der Waals surface area (Å²) in [6.07, 6.45) is -3.02. The Morgan fingerprint density at radius 1 is 1.09 bits per heavy atom. The van der Waals surface area contributed by atoms with Crippen molar-refractivity contribution in [3.05, 3.63) is 42.6 Å². The molecule has 0 aliphatic carbocycles. The lowest BCUT2D eigenvalue weighted by Crippen LogP contribution is -2.16. The van der Waals surface area contributed by atoms with Crippen molar-refractivity contribution < 1.29 is 17.9 Å². The largest absolute Gasteiger partial charge is 0.573 e. The van der Waals surface area contributed by atoms with E-state index in [2.05, 4.69) is 9.84 Å². The normalized spacial score (nSPS) is 11.8. The molecule has 0 radical (unpaired) electrons. The molecule has 2 N–H and O–H groups in total. The molecule has 2 aromatic carbocycles. The molecule has 1 heterocycles. The van der Waals surface area contributed by atoms with E-state index in [1.54, 1.807) is 36.1 Å². The summed E-state index contributed by atoms with van der Waals surface area (Å²) in [7, 11) is 1.80. The third kappa shape index (κ3) is 2.69. The Morgan fingerprint density at radius 2 is 1.77 bits per heavy atom. The summed E-state index contributed by atoms with van der Waals surface area (Å²) in [5, 5.41) is 4.97. The van der Waals surface area contributed by atoms with Crippen LogP contribution in [0.3, 0.4) is 0 Å². The molecule has 7 heteroatoms. The van der Waals surface area contributed by atoms with Gasteiger partial charge in [0.1, 0.15) is 5.75 Å². The minimum absolute atomic E-state index is 0.258. The fourth-order valence-electron chi connectivity index (χ4n) is 2.29. The maximum Gasteiger partial charge on any atom is 0.573 e. The summed E-state index contributed by atoms with van der Waals surface area (Å²) in [5.74, 6) is -0.258. The van der Waals surface area contributed by atoms with E-state index in [1.165, 1.54) is 12.1 Å². The van der Waals surface area contributed by atoms with Crippen molar-refractivity contribution in [3.63, 3.8) is 0 Å². The van der Waals surface area contributed by atoms with Gasteiger partial charge in [-0.2, -0.15) is 5.10 Å². The highest BCUT2D eigenvalue weighted by Gasteiger charge is 2.30. The first-order valence-electron chi connectivity index (χ1n) is 6.41. The maximum atomic E-state index is 12.2. The topological polar surface area (TPSA) is 53.1 Å². The quantitative estimate of drug-likeness (QED) is 0.734. The molecule has 0 spiro atoms. The number of hydrogen-bond acceptors (Lipinski definition) is 3. The molecule has 4 nitrogen and oxygen atoms in total. The molecule has 0 unspecified atom stereocenters. The molecule has 0 atom stereocenters. The average molecular weight is 307 g/mol. The number of ether oxygens (including phenoxy) is 1. The van der Waals surface area contributed by atoms with Crippen molar-refractivity contribution in [3.8, 4) is 16.9 Å². The molecule has 3 aromatic rings. The van der Waals surface area contributed by atoms with Gasteiger partial charge < -0.3 is 10.5 Å². The second kappa shape index (κ2) is 4.94. The number of benzene rings is 2. The van der Waals surface area contributed by atoms with Gasteiger partial charge in [0.15, 0.2) is 0 Å². The molecule has 22 heavy (non-hydrogen) atoms. The van der Waals surface area contributed by atoms with Crippen LogP contribution in [-0.2, 0) is 7.05 Å². The van der Waals surface area contributed by atoms with Crippen molar-refractivity contribution >= 4 is 16.6 Å². The minimum Gasteiger partial charge on any atom is -0.406 e. The second-order valence-corrected chi connectivity index (χ2v) is 4.84. The molecule has 0 aliphatic heterocycles. The number of hydrogen-bond donors (Lipinski definition) is 1. The zero-order valence-electron chi connectivity index (χ0n) is 11.6. The zero-order chi connectivity index (χ0) is 15.9. The Bertz CT molecular complexity index is 822. The van der Waals surface area contributed by atoms with E-state index >= 15 is 0 Å². The number of rotatable bonds is 2. The van der Waals surface area contributed by atoms with Crippen LogP contribution in [0.25, 0.3) is 22.0 Å². The first-order valence-corrected chi connectivity index (χ1v) is 6.41. The lowest BCUT2D eigenvalue weighted by Gasteiger charge is -2.10. The van der Waals surface area contributed by atoms with Gasteiger partial charge in [-0.05, 0) is 35.4 Å². The third-order valence-electron chi connectivity index (χ3n) is 3.32. The highest BCUT2D eigenvalue weighted by Crippen LogP contribution is 2.31. The van der Waals surface area contributed by atoms with E-state index < -0.39 is 6.36 Å². The molecular formula is C15H12F3N3O. The Kier molecular flexibility index (Phi) is 3.20. The number of aromatic nitrogens is 2. The van der Waals surface area contributed by atoms with Gasteiger partial charge >= 0.3 is 6.36 Å². The number of fused-ring (bicyclic) bond motifs is 1. The van der Waals surface area contributed by atoms with Crippen LogP contribution in [0.5, 0.6) is 5.75 Å². The Morgan fingerprint density at radius 3 is 2.41 bits per heavy atom. The van der Waals surface area contributed by atoms with Crippen LogP contribution in [0.15, 0.2) is 42.6 Å². The molecule has 1 aromatic heterocycles. The fraction of sp³-hybridized carbons (Fsp3) is 0.133. The third-order valence-corrected chi connectivity index (χ3v) is 3.32. The highest BCUT2D eigenvalue weighted by molar-refractivity contribution is 5.94. The number of nitrogens with two attached hydrogens (primary N) is 1. The van der Waals surface area contributed by atoms with Gasteiger partial charge in [-0.25, -0.2) is 0 Å². The van der Waals surface area contributed by atoms with Gasteiger partial charge in [-0.1, -0.05) is 12.1 Å². The SMILES string of the molecule is Cn1ncc2c(N)cc(-c3ccc(OC(F)(F)F)cc3)cc21. The van der Waals surface area contributed by atoms with Gasteiger partial charge in [-0.3, -0.25) is 4.68 Å². The number of alkyl halides is 3. The van der Waals surface area contributed by atoms with Gasteiger partial charge in [0, 0.05) is 18.1 Å². The van der Waals surface area contributed by atoms with Gasteiger partial charge in [0.05, 0.1) is 11.7 Å². The molecule has 0 amide bonds. The van der Waals surface area contributed by atoms with E-state index in [9.17, 15) is 13.2 Å². The van der Waals surface area contributed by atoms with Crippen molar-refractivity contribution in [1.82, 2.24) is 9.78 Å². The summed E-state index contributed by atoms with van der Waals surface area (Å²) in [5.41, 5.74) is 8.95. The summed E-state index contributed by atoms with van der Waals surface area (Å²) in [6, 6.07) is 9.30. The summed E-state index contributed by atoms with van der Waals surface area (Å²) >= 11 is 0.